The van der Waals surface area contributed by atoms with Crippen LogP contribution in [-0.2, 0) is 0 Å². The number of hydrogen-bond donors (Lipinski definition) is 0. The monoisotopic (exact) mass is 153 g/mol. The van der Waals surface area contributed by atoms with Crippen LogP contribution in [0.3, 0.4) is 0 Å². The van der Waals surface area contributed by atoms with Crippen LogP contribution in [0.15, 0.2) is 0 Å². The van der Waals surface area contributed by atoms with E-state index in [1.807, 2.05) is 0 Å². The summed E-state index contributed by atoms with van der Waals surface area (Å²) < 4.78 is 0. The summed E-state index contributed by atoms with van der Waals surface area (Å²) in [5.41, 5.74) is -0.0879. The Balaban J connectivity index is 3.99. The van der Waals surface area contributed by atoms with Gasteiger partial charge in [0.1, 0.15) is 0 Å². The molecule has 0 rings (SSSR count). The van der Waals surface area contributed by atoms with Crippen molar-refractivity contribution >= 4 is 0 Å². The summed E-state index contributed by atoms with van der Waals surface area (Å²) in [7, 11) is 0. The first-order valence-electron chi connectivity index (χ1n) is 4.49. The summed E-state index contributed by atoms with van der Waals surface area (Å²) in [6.07, 6.45) is 3.18. The maximum Gasteiger partial charge on any atom is 0.0686 e. The Hall–Kier alpha value is -0.510. The first-order chi connectivity index (χ1) is 5.08. The molecule has 0 heterocycles. The molecule has 2 unspecified atom stereocenters. The van der Waals surface area contributed by atoms with Gasteiger partial charge in [-0.2, -0.15) is 5.26 Å². The van der Waals surface area contributed by atoms with E-state index in [0.29, 0.717) is 5.92 Å². The number of nitriles is 1. The zero-order chi connectivity index (χ0) is 8.91. The number of nitrogens with zero attached hydrogens (tertiary/aromatic N) is 1. The third kappa shape index (κ3) is 3.41. The average molecular weight is 153 g/mol. The fourth-order valence-electron chi connectivity index (χ4n) is 1.18. The summed E-state index contributed by atoms with van der Waals surface area (Å²) in [5, 5.41) is 8.88. The average Bonchev–Trinajstić information content (AvgIpc) is 2.04. The molecule has 11 heavy (non-hydrogen) atoms. The Kier molecular flexibility index (Phi) is 4.18. The Morgan fingerprint density at radius 2 is 2.00 bits per heavy atom. The molecule has 0 aliphatic rings. The van der Waals surface area contributed by atoms with Gasteiger partial charge in [-0.3, -0.25) is 0 Å². The summed E-state index contributed by atoms with van der Waals surface area (Å²) in [6, 6.07) is 2.39. The van der Waals surface area contributed by atoms with E-state index in [1.165, 1.54) is 6.42 Å². The fraction of sp³-hybridized carbons (Fsp3) is 0.900. The summed E-state index contributed by atoms with van der Waals surface area (Å²) in [6.45, 7) is 8.54. The molecule has 0 aromatic heterocycles. The van der Waals surface area contributed by atoms with Gasteiger partial charge >= 0.3 is 0 Å². The first-order valence-corrected chi connectivity index (χ1v) is 4.49. The number of hydrogen-bond acceptors (Lipinski definition) is 1. The van der Waals surface area contributed by atoms with E-state index in [0.717, 1.165) is 12.8 Å². The highest BCUT2D eigenvalue weighted by molar-refractivity contribution is 4.94. The van der Waals surface area contributed by atoms with Crippen LogP contribution >= 0.6 is 0 Å². The lowest BCUT2D eigenvalue weighted by molar-refractivity contribution is 0.314. The predicted molar refractivity (Wildman–Crippen MR) is 48.1 cm³/mol. The van der Waals surface area contributed by atoms with E-state index in [4.69, 9.17) is 5.26 Å². The van der Waals surface area contributed by atoms with Crippen molar-refractivity contribution in [2.75, 3.05) is 0 Å². The highest BCUT2D eigenvalue weighted by Crippen LogP contribution is 2.29. The van der Waals surface area contributed by atoms with Gasteiger partial charge in [-0.25, -0.2) is 0 Å². The van der Waals surface area contributed by atoms with Crippen LogP contribution in [-0.4, -0.2) is 0 Å². The second kappa shape index (κ2) is 4.38. The molecule has 0 saturated heterocycles. The summed E-state index contributed by atoms with van der Waals surface area (Å²) >= 11 is 0. The smallest absolute Gasteiger partial charge is 0.0686 e. The van der Waals surface area contributed by atoms with Crippen LogP contribution in [0.2, 0.25) is 0 Å². The van der Waals surface area contributed by atoms with Crippen LogP contribution < -0.4 is 0 Å². The van der Waals surface area contributed by atoms with Gasteiger partial charge in [-0.1, -0.05) is 27.2 Å². The Morgan fingerprint density at radius 1 is 1.45 bits per heavy atom. The molecule has 0 N–H and O–H groups in total. The highest BCUT2D eigenvalue weighted by atomic mass is 14.3. The first kappa shape index (κ1) is 10.5. The third-order valence-corrected chi connectivity index (χ3v) is 2.55. The number of rotatable bonds is 4. The molecule has 1 nitrogen and oxygen atoms in total. The standard InChI is InChI=1S/C10H19N/c1-5-9(3)7-10(4,6-2)8-11/h9H,5-7H2,1-4H3. The lowest BCUT2D eigenvalue weighted by Crippen LogP contribution is -2.15. The lowest BCUT2D eigenvalue weighted by atomic mass is 9.80. The zero-order valence-corrected chi connectivity index (χ0v) is 8.15. The van der Waals surface area contributed by atoms with Crippen LogP contribution in [0.4, 0.5) is 0 Å². The van der Waals surface area contributed by atoms with Gasteiger partial charge in [0.05, 0.1) is 11.5 Å². The van der Waals surface area contributed by atoms with E-state index < -0.39 is 0 Å². The van der Waals surface area contributed by atoms with Gasteiger partial charge in [0.15, 0.2) is 0 Å². The van der Waals surface area contributed by atoms with Gasteiger partial charge < -0.3 is 0 Å². The lowest BCUT2D eigenvalue weighted by Gasteiger charge is -2.22. The highest BCUT2D eigenvalue weighted by Gasteiger charge is 2.23. The molecule has 0 aliphatic carbocycles. The molecular formula is C10H19N. The Labute approximate surface area is 70.4 Å². The largest absolute Gasteiger partial charge is 0.198 e. The molecule has 0 bridgehead atoms. The maximum absolute atomic E-state index is 8.88. The fourth-order valence-corrected chi connectivity index (χ4v) is 1.18. The van der Waals surface area contributed by atoms with Crippen molar-refractivity contribution in [3.63, 3.8) is 0 Å². The molecule has 0 fully saturated rings. The zero-order valence-electron chi connectivity index (χ0n) is 8.15. The minimum absolute atomic E-state index is 0.0879. The molecule has 0 spiro atoms. The summed E-state index contributed by atoms with van der Waals surface area (Å²) in [4.78, 5) is 0. The van der Waals surface area contributed by atoms with E-state index >= 15 is 0 Å². The maximum atomic E-state index is 8.88. The molecule has 0 saturated carbocycles. The molecule has 2 atom stereocenters. The van der Waals surface area contributed by atoms with Crippen LogP contribution in [0.5, 0.6) is 0 Å². The molecule has 1 heteroatoms. The van der Waals surface area contributed by atoms with Crippen molar-refractivity contribution in [2.24, 2.45) is 11.3 Å². The van der Waals surface area contributed by atoms with Crippen molar-refractivity contribution in [3.05, 3.63) is 0 Å². The molecule has 0 aromatic rings. The Morgan fingerprint density at radius 3 is 2.27 bits per heavy atom. The summed E-state index contributed by atoms with van der Waals surface area (Å²) in [5.74, 6) is 0.680. The van der Waals surface area contributed by atoms with E-state index in [-0.39, 0.29) is 5.41 Å². The van der Waals surface area contributed by atoms with Gasteiger partial charge in [0.2, 0.25) is 0 Å². The van der Waals surface area contributed by atoms with Gasteiger partial charge in [-0.15, -0.1) is 0 Å². The van der Waals surface area contributed by atoms with Gasteiger partial charge in [-0.05, 0) is 25.7 Å². The predicted octanol–water partition coefficient (Wildman–Crippen LogP) is 3.36. The van der Waals surface area contributed by atoms with Crippen molar-refractivity contribution in [1.82, 2.24) is 0 Å². The van der Waals surface area contributed by atoms with Crippen LogP contribution in [0.25, 0.3) is 0 Å². The van der Waals surface area contributed by atoms with Crippen molar-refractivity contribution in [2.45, 2.75) is 47.0 Å². The topological polar surface area (TPSA) is 23.8 Å². The van der Waals surface area contributed by atoms with Gasteiger partial charge in [0.25, 0.3) is 0 Å². The minimum atomic E-state index is -0.0879. The van der Waals surface area contributed by atoms with Crippen molar-refractivity contribution < 1.29 is 0 Å². The molecule has 64 valence electrons. The minimum Gasteiger partial charge on any atom is -0.198 e. The second-order valence-electron chi connectivity index (χ2n) is 3.74. The normalized spacial score (nSPS) is 18.5. The van der Waals surface area contributed by atoms with Crippen molar-refractivity contribution in [1.29, 1.82) is 5.26 Å². The molecule has 0 aromatic carbocycles. The van der Waals surface area contributed by atoms with E-state index in [2.05, 4.69) is 33.8 Å². The molecule has 0 amide bonds. The molecule has 0 radical (unpaired) electrons. The van der Waals surface area contributed by atoms with Crippen LogP contribution in [0.1, 0.15) is 47.0 Å². The van der Waals surface area contributed by atoms with Gasteiger partial charge in [0, 0.05) is 0 Å². The van der Waals surface area contributed by atoms with E-state index in [9.17, 15) is 0 Å². The molecular weight excluding hydrogens is 134 g/mol. The Bertz CT molecular complexity index is 145. The quantitative estimate of drug-likeness (QED) is 0.607. The molecule has 0 aliphatic heterocycles. The van der Waals surface area contributed by atoms with Crippen LogP contribution in [0, 0.1) is 22.7 Å². The van der Waals surface area contributed by atoms with E-state index in [1.54, 1.807) is 0 Å². The van der Waals surface area contributed by atoms with Crippen molar-refractivity contribution in [3.8, 4) is 6.07 Å². The SMILES string of the molecule is CCC(C)CC(C)(C#N)CC. The third-order valence-electron chi connectivity index (χ3n) is 2.55. The second-order valence-corrected chi connectivity index (χ2v) is 3.74.